The molecule has 178 valence electrons. The van der Waals surface area contributed by atoms with Crippen LogP contribution in [0.2, 0.25) is 5.02 Å². The number of hydrogen-bond donors (Lipinski definition) is 2. The van der Waals surface area contributed by atoms with E-state index in [0.29, 0.717) is 34.3 Å². The number of hydrogen-bond acceptors (Lipinski definition) is 7. The number of nitrogens with zero attached hydrogens (tertiary/aromatic N) is 2. The number of aromatic nitrogens is 1. The Labute approximate surface area is 212 Å². The number of methoxy groups -OCH3 is 1. The summed E-state index contributed by atoms with van der Waals surface area (Å²) in [6.07, 6.45) is 1.49. The maximum Gasteiger partial charge on any atom is 0.271 e. The van der Waals surface area contributed by atoms with Gasteiger partial charge in [-0.3, -0.25) is 4.79 Å². The Hall–Kier alpha value is -3.88. The monoisotopic (exact) mass is 506 g/mol. The molecule has 0 saturated heterocycles. The second-order valence-corrected chi connectivity index (χ2v) is 8.54. The summed E-state index contributed by atoms with van der Waals surface area (Å²) in [5.41, 5.74) is 6.39. The average Bonchev–Trinajstić information content (AvgIpc) is 3.34. The summed E-state index contributed by atoms with van der Waals surface area (Å²) in [6.45, 7) is 2.33. The van der Waals surface area contributed by atoms with Gasteiger partial charge >= 0.3 is 0 Å². The average molecular weight is 507 g/mol. The van der Waals surface area contributed by atoms with Gasteiger partial charge in [-0.2, -0.15) is 5.10 Å². The van der Waals surface area contributed by atoms with Crippen LogP contribution in [0.25, 0.3) is 11.3 Å². The fourth-order valence-electron chi connectivity index (χ4n) is 3.23. The molecule has 0 aliphatic carbocycles. The van der Waals surface area contributed by atoms with Crippen molar-refractivity contribution in [2.45, 2.75) is 6.92 Å². The Morgan fingerprint density at radius 2 is 1.91 bits per heavy atom. The van der Waals surface area contributed by atoms with Crippen LogP contribution in [0.1, 0.15) is 22.8 Å². The van der Waals surface area contributed by atoms with E-state index in [4.69, 9.17) is 21.1 Å². The molecule has 35 heavy (non-hydrogen) atoms. The molecule has 7 nitrogen and oxygen atoms in total. The second-order valence-electron chi connectivity index (χ2n) is 7.27. The number of hydrazone groups is 1. The van der Waals surface area contributed by atoms with Crippen LogP contribution in [0.3, 0.4) is 0 Å². The lowest BCUT2D eigenvalue weighted by Gasteiger charge is -2.11. The highest BCUT2D eigenvalue weighted by Crippen LogP contribution is 2.36. The van der Waals surface area contributed by atoms with Gasteiger partial charge in [0.05, 0.1) is 30.6 Å². The summed E-state index contributed by atoms with van der Waals surface area (Å²) in [7, 11) is 1.53. The van der Waals surface area contributed by atoms with Gasteiger partial charge in [0.25, 0.3) is 5.91 Å². The zero-order valence-electron chi connectivity index (χ0n) is 19.1. The molecule has 0 unspecified atom stereocenters. The third kappa shape index (κ3) is 6.17. The lowest BCUT2D eigenvalue weighted by molar-refractivity contribution is 0.0955. The topological polar surface area (TPSA) is 84.8 Å². The lowest BCUT2D eigenvalue weighted by atomic mass is 10.1. The molecule has 0 bridgehead atoms. The van der Waals surface area contributed by atoms with Crippen LogP contribution in [0.5, 0.6) is 11.5 Å². The smallest absolute Gasteiger partial charge is 0.271 e. The standard InChI is InChI=1S/C26H23ClN4O3S/c1-3-34-24-21(27)13-17(14-23(24)33-2)15-28-31-25(32)19-11-9-18(10-12-19)22-16-35-26(30-22)29-20-7-5-4-6-8-20/h4-16H,3H2,1-2H3,(H,29,30)(H,31,32)/b28-15-. The third-order valence-electron chi connectivity index (χ3n) is 4.89. The van der Waals surface area contributed by atoms with Crippen LogP contribution in [0.4, 0.5) is 10.8 Å². The van der Waals surface area contributed by atoms with Crippen molar-refractivity contribution in [1.29, 1.82) is 0 Å². The Kier molecular flexibility index (Phi) is 7.97. The highest BCUT2D eigenvalue weighted by atomic mass is 35.5. The van der Waals surface area contributed by atoms with E-state index in [9.17, 15) is 4.79 Å². The Morgan fingerprint density at radius 1 is 1.14 bits per heavy atom. The van der Waals surface area contributed by atoms with E-state index in [0.717, 1.165) is 22.1 Å². The van der Waals surface area contributed by atoms with Gasteiger partial charge in [-0.25, -0.2) is 10.4 Å². The second kappa shape index (κ2) is 11.5. The van der Waals surface area contributed by atoms with E-state index in [-0.39, 0.29) is 5.91 Å². The molecule has 1 aromatic heterocycles. The van der Waals surface area contributed by atoms with Crippen molar-refractivity contribution in [2.75, 3.05) is 19.0 Å². The number of nitrogens with one attached hydrogen (secondary N) is 2. The fraction of sp³-hybridized carbons (Fsp3) is 0.115. The maximum atomic E-state index is 12.5. The molecule has 0 atom stereocenters. The summed E-state index contributed by atoms with van der Waals surface area (Å²) in [6, 6.07) is 20.5. The predicted molar refractivity (Wildman–Crippen MR) is 142 cm³/mol. The van der Waals surface area contributed by atoms with E-state index in [1.165, 1.54) is 24.7 Å². The van der Waals surface area contributed by atoms with Gasteiger partial charge in [0.1, 0.15) is 0 Å². The molecular weight excluding hydrogens is 484 g/mol. The molecule has 0 fully saturated rings. The van der Waals surface area contributed by atoms with Gasteiger partial charge in [-0.15, -0.1) is 11.3 Å². The number of para-hydroxylation sites is 1. The summed E-state index contributed by atoms with van der Waals surface area (Å²) in [4.78, 5) is 17.1. The van der Waals surface area contributed by atoms with Gasteiger partial charge in [0.2, 0.25) is 0 Å². The number of amides is 1. The molecule has 0 saturated carbocycles. The highest BCUT2D eigenvalue weighted by Gasteiger charge is 2.11. The lowest BCUT2D eigenvalue weighted by Crippen LogP contribution is -2.17. The zero-order valence-corrected chi connectivity index (χ0v) is 20.7. The molecule has 9 heteroatoms. The molecule has 1 amide bonds. The van der Waals surface area contributed by atoms with Gasteiger partial charge in [-0.05, 0) is 48.9 Å². The summed E-state index contributed by atoms with van der Waals surface area (Å²) in [5.74, 6) is 0.634. The molecule has 0 aliphatic rings. The first-order chi connectivity index (χ1) is 17.1. The van der Waals surface area contributed by atoms with Crippen LogP contribution in [0, 0.1) is 0 Å². The van der Waals surface area contributed by atoms with Crippen molar-refractivity contribution in [3.8, 4) is 22.8 Å². The first-order valence-corrected chi connectivity index (χ1v) is 12.0. The normalized spacial score (nSPS) is 10.8. The molecule has 0 spiro atoms. The SMILES string of the molecule is CCOc1c(Cl)cc(/C=N\NC(=O)c2ccc(-c3csc(Nc4ccccc4)n3)cc2)cc1OC. The molecule has 4 rings (SSSR count). The van der Waals surface area contributed by atoms with E-state index >= 15 is 0 Å². The number of thiazole rings is 1. The minimum absolute atomic E-state index is 0.332. The van der Waals surface area contributed by atoms with Gasteiger partial charge < -0.3 is 14.8 Å². The number of carbonyl (C=O) groups excluding carboxylic acids is 1. The Balaban J connectivity index is 1.38. The largest absolute Gasteiger partial charge is 0.493 e. The van der Waals surface area contributed by atoms with Crippen molar-refractivity contribution in [3.63, 3.8) is 0 Å². The quantitative estimate of drug-likeness (QED) is 0.203. The highest BCUT2D eigenvalue weighted by molar-refractivity contribution is 7.14. The van der Waals surface area contributed by atoms with Crippen molar-refractivity contribution in [1.82, 2.24) is 10.4 Å². The molecule has 2 N–H and O–H groups in total. The summed E-state index contributed by atoms with van der Waals surface area (Å²) >= 11 is 7.79. The Bertz CT molecular complexity index is 1320. The van der Waals surface area contributed by atoms with Crippen molar-refractivity contribution in [2.24, 2.45) is 5.10 Å². The fourth-order valence-corrected chi connectivity index (χ4v) is 4.24. The number of ether oxygens (including phenoxy) is 2. The van der Waals surface area contributed by atoms with E-state index in [2.05, 4.69) is 20.8 Å². The van der Waals surface area contributed by atoms with Crippen LogP contribution >= 0.6 is 22.9 Å². The molecule has 0 aliphatic heterocycles. The first-order valence-electron chi connectivity index (χ1n) is 10.8. The summed E-state index contributed by atoms with van der Waals surface area (Å²) in [5, 5.41) is 10.5. The van der Waals surface area contributed by atoms with Gasteiger partial charge in [0, 0.05) is 22.2 Å². The first kappa shape index (κ1) is 24.3. The molecule has 3 aromatic carbocycles. The van der Waals surface area contributed by atoms with Crippen molar-refractivity contribution in [3.05, 3.63) is 88.3 Å². The van der Waals surface area contributed by atoms with Crippen molar-refractivity contribution >= 4 is 45.9 Å². The molecule has 4 aromatic rings. The van der Waals surface area contributed by atoms with Crippen molar-refractivity contribution < 1.29 is 14.3 Å². The van der Waals surface area contributed by atoms with E-state index in [1.807, 2.05) is 54.8 Å². The number of anilines is 2. The molecule has 1 heterocycles. The zero-order chi connectivity index (χ0) is 24.6. The van der Waals surface area contributed by atoms with Crippen LogP contribution < -0.4 is 20.2 Å². The Morgan fingerprint density at radius 3 is 2.63 bits per heavy atom. The summed E-state index contributed by atoms with van der Waals surface area (Å²) < 4.78 is 10.8. The third-order valence-corrected chi connectivity index (χ3v) is 5.93. The van der Waals surface area contributed by atoms with Gasteiger partial charge in [-0.1, -0.05) is 41.9 Å². The van der Waals surface area contributed by atoms with Crippen LogP contribution in [-0.2, 0) is 0 Å². The molecular formula is C26H23ClN4O3S. The van der Waals surface area contributed by atoms with E-state index < -0.39 is 0 Å². The number of carbonyl (C=O) groups is 1. The predicted octanol–water partition coefficient (Wildman–Crippen LogP) is 6.38. The number of rotatable bonds is 9. The minimum Gasteiger partial charge on any atom is -0.493 e. The minimum atomic E-state index is -0.332. The van der Waals surface area contributed by atoms with Crippen LogP contribution in [0.15, 0.2) is 77.2 Å². The van der Waals surface area contributed by atoms with Gasteiger partial charge in [0.15, 0.2) is 16.6 Å². The number of halogens is 1. The maximum absolute atomic E-state index is 12.5. The van der Waals surface area contributed by atoms with Crippen LogP contribution in [-0.4, -0.2) is 30.8 Å². The molecule has 0 radical (unpaired) electrons. The number of benzene rings is 3. The van der Waals surface area contributed by atoms with E-state index in [1.54, 1.807) is 24.3 Å².